The van der Waals surface area contributed by atoms with E-state index in [0.29, 0.717) is 11.5 Å². The van der Waals surface area contributed by atoms with Gasteiger partial charge in [-0.3, -0.25) is 20.4 Å². The number of carbonyl (C=O) groups excluding carboxylic acids is 2. The van der Waals surface area contributed by atoms with Crippen LogP contribution in [0.1, 0.15) is 26.7 Å². The largest absolute Gasteiger partial charge is 0.486 e. The highest BCUT2D eigenvalue weighted by Crippen LogP contribution is 2.26. The second-order valence-corrected chi connectivity index (χ2v) is 6.49. The number of thioether (sulfide) groups is 1. The van der Waals surface area contributed by atoms with E-state index < -0.39 is 17.6 Å². The number of nitrogens with zero attached hydrogens (tertiary/aromatic N) is 1. The van der Waals surface area contributed by atoms with E-state index in [2.05, 4.69) is 15.8 Å². The molecule has 3 aromatic rings. The van der Waals surface area contributed by atoms with Crippen LogP contribution in [0, 0.1) is 0 Å². The molecular weight excluding hydrogens is 404 g/mol. The summed E-state index contributed by atoms with van der Waals surface area (Å²) in [6, 6.07) is 14.8. The molecule has 2 amide bonds. The minimum atomic E-state index is -2.73. The molecule has 1 aromatic carbocycles. The summed E-state index contributed by atoms with van der Waals surface area (Å²) < 4.78 is 36.0. The van der Waals surface area contributed by atoms with Crippen LogP contribution in [0.4, 0.5) is 8.78 Å². The fourth-order valence-corrected chi connectivity index (χ4v) is 2.81. The smallest absolute Gasteiger partial charge is 0.305 e. The minimum Gasteiger partial charge on any atom is -0.486 e. The van der Waals surface area contributed by atoms with E-state index in [0.717, 1.165) is 0 Å². The molecule has 0 saturated carbocycles. The Morgan fingerprint density at radius 3 is 2.55 bits per heavy atom. The average molecular weight is 419 g/mol. The van der Waals surface area contributed by atoms with Gasteiger partial charge in [-0.2, -0.15) is 8.78 Å². The predicted octanol–water partition coefficient (Wildman–Crippen LogP) is 3.64. The number of hydrazine groups is 1. The average Bonchev–Trinajstić information content (AvgIpc) is 3.20. The van der Waals surface area contributed by atoms with E-state index in [-0.39, 0.29) is 34.7 Å². The minimum absolute atomic E-state index is 0.0506. The zero-order valence-corrected chi connectivity index (χ0v) is 15.6. The standard InChI is InChI=1S/C19H15F2N3O4S/c20-19(21)29-18-14(7-4-10-22-18)16(25)23-24-17(26)15-9-8-13(28-15)11-27-12-5-2-1-3-6-12/h1-10,19H,11H2,(H,23,25)(H,24,26). The summed E-state index contributed by atoms with van der Waals surface area (Å²) in [4.78, 5) is 28.1. The highest BCUT2D eigenvalue weighted by Gasteiger charge is 2.18. The number of hydrogen-bond acceptors (Lipinski definition) is 6. The maximum Gasteiger partial charge on any atom is 0.305 e. The van der Waals surface area contributed by atoms with Gasteiger partial charge in [0.25, 0.3) is 11.7 Å². The number of halogens is 2. The van der Waals surface area contributed by atoms with Crippen LogP contribution in [0.5, 0.6) is 5.75 Å². The first-order chi connectivity index (χ1) is 14.0. The van der Waals surface area contributed by atoms with Crippen LogP contribution < -0.4 is 15.6 Å². The molecule has 0 bridgehead atoms. The SMILES string of the molecule is O=C(NNC(=O)c1cccnc1SC(F)F)c1ccc(COc2ccccc2)o1. The zero-order chi connectivity index (χ0) is 20.6. The number of carbonyl (C=O) groups is 2. The van der Waals surface area contributed by atoms with Crippen molar-refractivity contribution in [1.82, 2.24) is 15.8 Å². The topological polar surface area (TPSA) is 93.5 Å². The van der Waals surface area contributed by atoms with Crippen molar-refractivity contribution in [2.45, 2.75) is 17.4 Å². The Labute approximate surface area is 168 Å². The summed E-state index contributed by atoms with van der Waals surface area (Å²) >= 11 is 0.141. The first-order valence-corrected chi connectivity index (χ1v) is 9.18. The Bertz CT molecular complexity index is 982. The molecule has 0 aliphatic rings. The van der Waals surface area contributed by atoms with Crippen molar-refractivity contribution in [3.8, 4) is 5.75 Å². The lowest BCUT2D eigenvalue weighted by atomic mass is 10.3. The fourth-order valence-electron chi connectivity index (χ4n) is 2.23. The maximum absolute atomic E-state index is 12.6. The van der Waals surface area contributed by atoms with E-state index in [1.165, 1.54) is 24.4 Å². The van der Waals surface area contributed by atoms with Crippen molar-refractivity contribution in [1.29, 1.82) is 0 Å². The van der Waals surface area contributed by atoms with Gasteiger partial charge in [-0.05, 0) is 48.2 Å². The van der Waals surface area contributed by atoms with Crippen molar-refractivity contribution in [3.63, 3.8) is 0 Å². The number of ether oxygens (including phenoxy) is 1. The van der Waals surface area contributed by atoms with Gasteiger partial charge in [0.15, 0.2) is 5.76 Å². The van der Waals surface area contributed by atoms with E-state index >= 15 is 0 Å². The van der Waals surface area contributed by atoms with Gasteiger partial charge in [0.05, 0.1) is 5.56 Å². The second kappa shape index (κ2) is 9.69. The lowest BCUT2D eigenvalue weighted by Crippen LogP contribution is -2.41. The number of amides is 2. The van der Waals surface area contributed by atoms with Gasteiger partial charge >= 0.3 is 5.91 Å². The van der Waals surface area contributed by atoms with Gasteiger partial charge < -0.3 is 9.15 Å². The van der Waals surface area contributed by atoms with Crippen LogP contribution in [0.3, 0.4) is 0 Å². The number of furan rings is 1. The van der Waals surface area contributed by atoms with Gasteiger partial charge in [0.2, 0.25) is 0 Å². The van der Waals surface area contributed by atoms with Crippen molar-refractivity contribution < 1.29 is 27.5 Å². The molecule has 10 heteroatoms. The zero-order valence-electron chi connectivity index (χ0n) is 14.8. The third-order valence-electron chi connectivity index (χ3n) is 3.52. The molecule has 0 radical (unpaired) electrons. The quantitative estimate of drug-likeness (QED) is 0.449. The highest BCUT2D eigenvalue weighted by molar-refractivity contribution is 7.99. The summed E-state index contributed by atoms with van der Waals surface area (Å²) in [7, 11) is 0. The van der Waals surface area contributed by atoms with Crippen LogP contribution in [-0.4, -0.2) is 22.6 Å². The molecule has 3 rings (SSSR count). The third kappa shape index (κ3) is 5.79. The van der Waals surface area contributed by atoms with E-state index in [1.807, 2.05) is 18.2 Å². The Morgan fingerprint density at radius 1 is 1.03 bits per heavy atom. The molecule has 0 atom stereocenters. The van der Waals surface area contributed by atoms with E-state index in [1.54, 1.807) is 18.2 Å². The first-order valence-electron chi connectivity index (χ1n) is 8.30. The van der Waals surface area contributed by atoms with E-state index in [9.17, 15) is 18.4 Å². The first kappa shape index (κ1) is 20.3. The van der Waals surface area contributed by atoms with Crippen molar-refractivity contribution in [2.24, 2.45) is 0 Å². The van der Waals surface area contributed by atoms with Gasteiger partial charge in [0, 0.05) is 6.20 Å². The Hall–Kier alpha value is -3.40. The molecule has 29 heavy (non-hydrogen) atoms. The van der Waals surface area contributed by atoms with Gasteiger partial charge in [0.1, 0.15) is 23.1 Å². The lowest BCUT2D eigenvalue weighted by Gasteiger charge is -2.09. The molecular formula is C19H15F2N3O4S. The van der Waals surface area contributed by atoms with Crippen LogP contribution in [0.15, 0.2) is 70.2 Å². The Morgan fingerprint density at radius 2 is 1.79 bits per heavy atom. The summed E-state index contributed by atoms with van der Waals surface area (Å²) in [5, 5.41) is -0.146. The van der Waals surface area contributed by atoms with Crippen LogP contribution in [-0.2, 0) is 6.61 Å². The molecule has 0 aliphatic carbocycles. The van der Waals surface area contributed by atoms with Gasteiger partial charge in [-0.1, -0.05) is 18.2 Å². The number of pyridine rings is 1. The molecule has 2 N–H and O–H groups in total. The molecule has 0 aliphatic heterocycles. The van der Waals surface area contributed by atoms with Crippen molar-refractivity contribution in [2.75, 3.05) is 0 Å². The van der Waals surface area contributed by atoms with Crippen molar-refractivity contribution in [3.05, 3.63) is 77.9 Å². The molecule has 2 heterocycles. The van der Waals surface area contributed by atoms with Crippen LogP contribution >= 0.6 is 11.8 Å². The van der Waals surface area contributed by atoms with Crippen molar-refractivity contribution >= 4 is 23.6 Å². The second-order valence-electron chi connectivity index (χ2n) is 5.51. The number of para-hydroxylation sites is 1. The third-order valence-corrected chi connectivity index (χ3v) is 4.24. The number of benzene rings is 1. The lowest BCUT2D eigenvalue weighted by molar-refractivity contribution is 0.0826. The van der Waals surface area contributed by atoms with Gasteiger partial charge in [-0.15, -0.1) is 0 Å². The normalized spacial score (nSPS) is 10.6. The number of nitrogens with one attached hydrogen (secondary N) is 2. The predicted molar refractivity (Wildman–Crippen MR) is 101 cm³/mol. The van der Waals surface area contributed by atoms with Gasteiger partial charge in [-0.25, -0.2) is 4.98 Å². The molecule has 0 saturated heterocycles. The molecule has 0 unspecified atom stereocenters. The molecule has 0 spiro atoms. The Balaban J connectivity index is 1.55. The number of rotatable bonds is 7. The monoisotopic (exact) mass is 419 g/mol. The summed E-state index contributed by atoms with van der Waals surface area (Å²) in [6.45, 7) is 0.119. The summed E-state index contributed by atoms with van der Waals surface area (Å²) in [5.74, 6) is -3.22. The molecule has 7 nitrogen and oxygen atoms in total. The Kier molecular flexibility index (Phi) is 6.80. The number of hydrogen-bond donors (Lipinski definition) is 2. The fraction of sp³-hybridized carbons (Fsp3) is 0.105. The molecule has 150 valence electrons. The number of alkyl halides is 2. The summed E-state index contributed by atoms with van der Waals surface area (Å²) in [5.41, 5.74) is 4.23. The number of aromatic nitrogens is 1. The molecule has 2 aromatic heterocycles. The van der Waals surface area contributed by atoms with E-state index in [4.69, 9.17) is 9.15 Å². The maximum atomic E-state index is 12.6. The van der Waals surface area contributed by atoms with Crippen LogP contribution in [0.2, 0.25) is 0 Å². The molecule has 0 fully saturated rings. The van der Waals surface area contributed by atoms with Crippen LogP contribution in [0.25, 0.3) is 0 Å². The highest BCUT2D eigenvalue weighted by atomic mass is 32.2. The summed E-state index contributed by atoms with van der Waals surface area (Å²) in [6.07, 6.45) is 1.29.